The van der Waals surface area contributed by atoms with Gasteiger partial charge in [-0.3, -0.25) is 14.5 Å². The summed E-state index contributed by atoms with van der Waals surface area (Å²) in [4.78, 5) is 29.4. The van der Waals surface area contributed by atoms with Gasteiger partial charge in [-0.15, -0.1) is 0 Å². The van der Waals surface area contributed by atoms with Crippen molar-refractivity contribution in [1.82, 2.24) is 9.80 Å². The molecule has 44 heavy (non-hydrogen) atoms. The lowest BCUT2D eigenvalue weighted by molar-refractivity contribution is -0.142. The molecule has 0 aromatic heterocycles. The van der Waals surface area contributed by atoms with Gasteiger partial charge in [0.15, 0.2) is 0 Å². The van der Waals surface area contributed by atoms with Gasteiger partial charge in [-0.1, -0.05) is 61.5 Å². The number of rotatable bonds is 10. The first kappa shape index (κ1) is 33.0. The number of fused-ring (bicyclic) bond motifs is 1. The average Bonchev–Trinajstić information content (AvgIpc) is 3.03. The molecular weight excluding hydrogens is 571 g/mol. The van der Waals surface area contributed by atoms with E-state index in [9.17, 15) is 27.9 Å². The summed E-state index contributed by atoms with van der Waals surface area (Å²) in [6.07, 6.45) is -6.72. The summed E-state index contributed by atoms with van der Waals surface area (Å²) in [7, 11) is 2.01. The van der Waals surface area contributed by atoms with Crippen molar-refractivity contribution in [2.45, 2.75) is 58.0 Å². The Morgan fingerprint density at radius 3 is 2.43 bits per heavy atom. The lowest BCUT2D eigenvalue weighted by atomic mass is 10.0. The van der Waals surface area contributed by atoms with Gasteiger partial charge < -0.3 is 20.1 Å². The molecular formula is C34H40F3N3O4. The number of aliphatic hydroxyl groups excluding tert-OH is 1. The minimum atomic E-state index is -4.43. The molecule has 0 spiro atoms. The van der Waals surface area contributed by atoms with Crippen molar-refractivity contribution in [3.63, 3.8) is 0 Å². The van der Waals surface area contributed by atoms with Gasteiger partial charge in [-0.05, 0) is 48.9 Å². The third-order valence-corrected chi connectivity index (χ3v) is 7.84. The summed E-state index contributed by atoms with van der Waals surface area (Å²) in [5.74, 6) is -0.597. The van der Waals surface area contributed by atoms with Gasteiger partial charge in [-0.2, -0.15) is 13.2 Å². The maximum atomic E-state index is 13.4. The Kier molecular flexibility index (Phi) is 11.0. The second-order valence-corrected chi connectivity index (χ2v) is 11.6. The third kappa shape index (κ3) is 9.30. The predicted molar refractivity (Wildman–Crippen MR) is 164 cm³/mol. The minimum Gasteiger partial charge on any atom is -0.488 e. The first-order valence-corrected chi connectivity index (χ1v) is 14.8. The number of carbonyl (C=O) groups excluding carboxylic acids is 2. The average molecular weight is 612 g/mol. The first-order chi connectivity index (χ1) is 20.9. The van der Waals surface area contributed by atoms with Crippen LogP contribution in [0.25, 0.3) is 11.1 Å². The molecule has 0 bridgehead atoms. The normalized spacial score (nSPS) is 18.1. The number of anilines is 1. The number of halogens is 3. The number of carbonyl (C=O) groups is 2. The molecule has 236 valence electrons. The minimum absolute atomic E-state index is 0.0466. The van der Waals surface area contributed by atoms with Crippen LogP contribution in [0.4, 0.5) is 18.9 Å². The molecule has 2 amide bonds. The van der Waals surface area contributed by atoms with Crippen molar-refractivity contribution in [3.8, 4) is 16.9 Å². The van der Waals surface area contributed by atoms with E-state index in [-0.39, 0.29) is 36.6 Å². The fraction of sp³-hybridized carbons (Fsp3) is 0.412. The van der Waals surface area contributed by atoms with Crippen molar-refractivity contribution in [2.24, 2.45) is 5.92 Å². The number of hydrogen-bond acceptors (Lipinski definition) is 5. The van der Waals surface area contributed by atoms with E-state index in [0.29, 0.717) is 30.9 Å². The molecule has 0 radical (unpaired) electrons. The molecule has 1 aliphatic heterocycles. The fourth-order valence-corrected chi connectivity index (χ4v) is 5.32. The molecule has 3 atom stereocenters. The Bertz CT molecular complexity index is 1400. The van der Waals surface area contributed by atoms with Crippen molar-refractivity contribution in [2.75, 3.05) is 32.1 Å². The Hall–Kier alpha value is -3.89. The molecule has 0 aliphatic carbocycles. The molecule has 0 saturated heterocycles. The van der Waals surface area contributed by atoms with E-state index in [1.165, 1.54) is 0 Å². The second kappa shape index (κ2) is 14.7. The highest BCUT2D eigenvalue weighted by Gasteiger charge is 2.31. The summed E-state index contributed by atoms with van der Waals surface area (Å²) in [5, 5.41) is 12.4. The molecule has 7 nitrogen and oxygen atoms in total. The lowest BCUT2D eigenvalue weighted by Gasteiger charge is -2.34. The number of benzene rings is 3. The molecule has 0 saturated carbocycles. The molecule has 1 aliphatic rings. The van der Waals surface area contributed by atoms with E-state index in [4.69, 9.17) is 4.74 Å². The molecule has 3 aromatic carbocycles. The Morgan fingerprint density at radius 1 is 1.09 bits per heavy atom. The van der Waals surface area contributed by atoms with Crippen LogP contribution in [0.3, 0.4) is 0 Å². The summed E-state index contributed by atoms with van der Waals surface area (Å²) in [5.41, 5.74) is 4.23. The highest BCUT2D eigenvalue weighted by atomic mass is 19.4. The lowest BCUT2D eigenvalue weighted by Crippen LogP contribution is -2.47. The molecule has 0 unspecified atom stereocenters. The largest absolute Gasteiger partial charge is 0.488 e. The monoisotopic (exact) mass is 611 g/mol. The van der Waals surface area contributed by atoms with E-state index < -0.39 is 31.0 Å². The molecule has 4 rings (SSSR count). The second-order valence-electron chi connectivity index (χ2n) is 11.6. The van der Waals surface area contributed by atoms with E-state index >= 15 is 0 Å². The maximum absolute atomic E-state index is 13.4. The molecule has 2 N–H and O–H groups in total. The number of nitrogens with zero attached hydrogens (tertiary/aromatic N) is 2. The van der Waals surface area contributed by atoms with Crippen LogP contribution in [0.15, 0.2) is 72.8 Å². The number of likely N-dealkylation sites (N-methyl/N-ethyl adjacent to an activating group) is 1. The van der Waals surface area contributed by atoms with Crippen LogP contribution in [0.5, 0.6) is 5.75 Å². The van der Waals surface area contributed by atoms with Gasteiger partial charge in [0, 0.05) is 43.2 Å². The van der Waals surface area contributed by atoms with Crippen molar-refractivity contribution >= 4 is 17.5 Å². The standard InChI is InChI=1S/C34H40F3N3O4/c1-23-19-40(24(2)22-41)33(43)18-28-17-29(38-32(42)15-16-34(35,36)37)13-14-30(28)44-31(23)21-39(3)20-25-9-11-27(12-10-25)26-7-5-4-6-8-26/h4-14,17,23-24,31,41H,15-16,18-22H2,1-3H3,(H,38,42)/t23-,24+,31-/m1/s1. The van der Waals surface area contributed by atoms with Gasteiger partial charge in [0.05, 0.1) is 25.5 Å². The first-order valence-electron chi connectivity index (χ1n) is 14.8. The molecule has 3 aromatic rings. The van der Waals surface area contributed by atoms with Gasteiger partial charge in [-0.25, -0.2) is 0 Å². The van der Waals surface area contributed by atoms with Gasteiger partial charge in [0.2, 0.25) is 11.8 Å². The number of amides is 2. The molecule has 10 heteroatoms. The van der Waals surface area contributed by atoms with E-state index in [2.05, 4.69) is 46.6 Å². The van der Waals surface area contributed by atoms with Crippen molar-refractivity contribution < 1.29 is 32.6 Å². The molecule has 0 fully saturated rings. The predicted octanol–water partition coefficient (Wildman–Crippen LogP) is 5.92. The van der Waals surface area contributed by atoms with Crippen LogP contribution in [0, 0.1) is 5.92 Å². The highest BCUT2D eigenvalue weighted by molar-refractivity contribution is 5.91. The number of ether oxygens (including phenoxy) is 1. The zero-order chi connectivity index (χ0) is 31.9. The Morgan fingerprint density at radius 2 is 1.77 bits per heavy atom. The van der Waals surface area contributed by atoms with Gasteiger partial charge in [0.25, 0.3) is 0 Å². The van der Waals surface area contributed by atoms with Crippen LogP contribution >= 0.6 is 0 Å². The fourth-order valence-electron chi connectivity index (χ4n) is 5.32. The molecule has 1 heterocycles. The zero-order valence-corrected chi connectivity index (χ0v) is 25.3. The van der Waals surface area contributed by atoms with Gasteiger partial charge >= 0.3 is 6.18 Å². The smallest absolute Gasteiger partial charge is 0.389 e. The summed E-state index contributed by atoms with van der Waals surface area (Å²) in [6, 6.07) is 23.0. The van der Waals surface area contributed by atoms with Crippen LogP contribution in [0.1, 0.15) is 37.8 Å². The van der Waals surface area contributed by atoms with Crippen molar-refractivity contribution in [3.05, 3.63) is 83.9 Å². The topological polar surface area (TPSA) is 82.1 Å². The number of hydrogen-bond donors (Lipinski definition) is 2. The maximum Gasteiger partial charge on any atom is 0.389 e. The van der Waals surface area contributed by atoms with Crippen LogP contribution < -0.4 is 10.1 Å². The third-order valence-electron chi connectivity index (χ3n) is 7.84. The number of aliphatic hydroxyl groups is 1. The van der Waals surface area contributed by atoms with Crippen LogP contribution in [-0.4, -0.2) is 71.8 Å². The zero-order valence-electron chi connectivity index (χ0n) is 25.3. The summed E-state index contributed by atoms with van der Waals surface area (Å²) in [6.45, 7) is 5.18. The SMILES string of the molecule is C[C@@H]1CN([C@@H](C)CO)C(=O)Cc2cc(NC(=O)CCC(F)(F)F)ccc2O[C@@H]1CN(C)Cc1ccc(-c2ccccc2)cc1. The summed E-state index contributed by atoms with van der Waals surface area (Å²) >= 11 is 0. The Labute approximate surface area is 256 Å². The van der Waals surface area contributed by atoms with E-state index in [0.717, 1.165) is 16.7 Å². The number of alkyl halides is 3. The quantitative estimate of drug-likeness (QED) is 0.298. The van der Waals surface area contributed by atoms with E-state index in [1.54, 1.807) is 30.0 Å². The van der Waals surface area contributed by atoms with Crippen LogP contribution in [0.2, 0.25) is 0 Å². The number of nitrogens with one attached hydrogen (secondary N) is 1. The highest BCUT2D eigenvalue weighted by Crippen LogP contribution is 2.30. The summed E-state index contributed by atoms with van der Waals surface area (Å²) < 4.78 is 44.3. The Balaban J connectivity index is 1.52. The van der Waals surface area contributed by atoms with E-state index in [1.807, 2.05) is 32.2 Å². The van der Waals surface area contributed by atoms with Crippen LogP contribution in [-0.2, 0) is 22.6 Å². The van der Waals surface area contributed by atoms with Crippen molar-refractivity contribution in [1.29, 1.82) is 0 Å². The van der Waals surface area contributed by atoms with Gasteiger partial charge in [0.1, 0.15) is 11.9 Å².